The van der Waals surface area contributed by atoms with Crippen molar-refractivity contribution in [2.24, 2.45) is 0 Å². The van der Waals surface area contributed by atoms with Gasteiger partial charge in [-0.1, -0.05) is 12.1 Å². The first-order valence-electron chi connectivity index (χ1n) is 6.45. The first-order chi connectivity index (χ1) is 9.60. The Hall–Kier alpha value is -2.07. The van der Waals surface area contributed by atoms with Crippen LogP contribution in [0.2, 0.25) is 0 Å². The van der Waals surface area contributed by atoms with Crippen molar-refractivity contribution in [3.63, 3.8) is 0 Å². The number of methoxy groups -OCH3 is 1. The van der Waals surface area contributed by atoms with E-state index in [1.54, 1.807) is 31.4 Å². The van der Waals surface area contributed by atoms with Crippen molar-refractivity contribution in [2.45, 2.75) is 19.5 Å². The highest BCUT2D eigenvalue weighted by atomic mass is 19.1. The molecule has 0 aliphatic rings. The van der Waals surface area contributed by atoms with Gasteiger partial charge in [0.05, 0.1) is 7.11 Å². The van der Waals surface area contributed by atoms with Gasteiger partial charge in [-0.2, -0.15) is 0 Å². The van der Waals surface area contributed by atoms with Gasteiger partial charge >= 0.3 is 0 Å². The molecule has 0 saturated carbocycles. The van der Waals surface area contributed by atoms with Crippen LogP contribution in [-0.2, 0) is 6.54 Å². The molecule has 1 unspecified atom stereocenters. The number of halogens is 1. The van der Waals surface area contributed by atoms with Gasteiger partial charge in [0.25, 0.3) is 0 Å². The average Bonchev–Trinajstić information content (AvgIpc) is 2.45. The SMILES string of the molecule is COc1ccc(O)c(C(C)NCc2cccc(F)c2)c1. The first-order valence-corrected chi connectivity index (χ1v) is 6.45. The molecular weight excluding hydrogens is 257 g/mol. The number of hydrogen-bond donors (Lipinski definition) is 2. The lowest BCUT2D eigenvalue weighted by atomic mass is 10.1. The van der Waals surface area contributed by atoms with Gasteiger partial charge in [0.2, 0.25) is 0 Å². The van der Waals surface area contributed by atoms with E-state index in [0.29, 0.717) is 12.3 Å². The Morgan fingerprint density at radius 1 is 1.25 bits per heavy atom. The standard InChI is InChI=1S/C16H18FNO2/c1-11(15-9-14(20-2)6-7-16(15)19)18-10-12-4-3-5-13(17)8-12/h3-9,11,18-19H,10H2,1-2H3. The van der Waals surface area contributed by atoms with Crippen molar-refractivity contribution in [1.82, 2.24) is 5.32 Å². The van der Waals surface area contributed by atoms with Crippen LogP contribution in [0.25, 0.3) is 0 Å². The normalized spacial score (nSPS) is 12.2. The van der Waals surface area contributed by atoms with Crippen LogP contribution in [0.1, 0.15) is 24.1 Å². The van der Waals surface area contributed by atoms with Gasteiger partial charge in [0.15, 0.2) is 0 Å². The van der Waals surface area contributed by atoms with Gasteiger partial charge in [0.1, 0.15) is 17.3 Å². The van der Waals surface area contributed by atoms with Gasteiger partial charge < -0.3 is 15.2 Å². The number of nitrogens with one attached hydrogen (secondary N) is 1. The lowest BCUT2D eigenvalue weighted by Gasteiger charge is -2.16. The summed E-state index contributed by atoms with van der Waals surface area (Å²) in [7, 11) is 1.58. The molecule has 2 aromatic rings. The summed E-state index contributed by atoms with van der Waals surface area (Å²) in [6, 6.07) is 11.5. The van der Waals surface area contributed by atoms with Crippen LogP contribution >= 0.6 is 0 Å². The summed E-state index contributed by atoms with van der Waals surface area (Å²) in [4.78, 5) is 0. The summed E-state index contributed by atoms with van der Waals surface area (Å²) in [6.07, 6.45) is 0. The predicted molar refractivity (Wildman–Crippen MR) is 76.3 cm³/mol. The maximum atomic E-state index is 13.1. The molecule has 0 amide bonds. The number of aromatic hydroxyl groups is 1. The molecule has 0 aromatic heterocycles. The second-order valence-corrected chi connectivity index (χ2v) is 4.66. The molecule has 0 aliphatic heterocycles. The van der Waals surface area contributed by atoms with Crippen LogP contribution in [0.5, 0.6) is 11.5 Å². The topological polar surface area (TPSA) is 41.5 Å². The van der Waals surface area contributed by atoms with E-state index in [0.717, 1.165) is 11.1 Å². The molecule has 0 heterocycles. The molecule has 2 N–H and O–H groups in total. The minimum Gasteiger partial charge on any atom is -0.508 e. The van der Waals surface area contributed by atoms with Crippen LogP contribution in [0, 0.1) is 5.82 Å². The number of hydrogen-bond acceptors (Lipinski definition) is 3. The maximum absolute atomic E-state index is 13.1. The average molecular weight is 275 g/mol. The van der Waals surface area contributed by atoms with E-state index >= 15 is 0 Å². The highest BCUT2D eigenvalue weighted by Crippen LogP contribution is 2.28. The highest BCUT2D eigenvalue weighted by Gasteiger charge is 2.11. The second kappa shape index (κ2) is 6.39. The maximum Gasteiger partial charge on any atom is 0.123 e. The van der Waals surface area contributed by atoms with E-state index in [-0.39, 0.29) is 17.6 Å². The molecular formula is C16H18FNO2. The fourth-order valence-electron chi connectivity index (χ4n) is 2.03. The molecule has 3 nitrogen and oxygen atoms in total. The van der Waals surface area contributed by atoms with Crippen molar-refractivity contribution >= 4 is 0 Å². The third-order valence-electron chi connectivity index (χ3n) is 3.20. The van der Waals surface area contributed by atoms with Gasteiger partial charge in [-0.05, 0) is 42.8 Å². The van der Waals surface area contributed by atoms with Crippen molar-refractivity contribution in [3.8, 4) is 11.5 Å². The first kappa shape index (κ1) is 14.3. The minimum atomic E-state index is -0.249. The van der Waals surface area contributed by atoms with Crippen molar-refractivity contribution < 1.29 is 14.2 Å². The van der Waals surface area contributed by atoms with Gasteiger partial charge in [-0.3, -0.25) is 0 Å². The summed E-state index contributed by atoms with van der Waals surface area (Å²) in [6.45, 7) is 2.46. The zero-order chi connectivity index (χ0) is 14.5. The van der Waals surface area contributed by atoms with E-state index in [9.17, 15) is 9.50 Å². The van der Waals surface area contributed by atoms with Crippen molar-refractivity contribution in [3.05, 3.63) is 59.4 Å². The Kier molecular flexibility index (Phi) is 4.58. The van der Waals surface area contributed by atoms with Gasteiger partial charge in [-0.25, -0.2) is 4.39 Å². The van der Waals surface area contributed by atoms with Gasteiger partial charge in [0, 0.05) is 18.2 Å². The van der Waals surface area contributed by atoms with Crippen LogP contribution in [0.15, 0.2) is 42.5 Å². The number of benzene rings is 2. The van der Waals surface area contributed by atoms with E-state index in [4.69, 9.17) is 4.74 Å². The quantitative estimate of drug-likeness (QED) is 0.879. The molecule has 106 valence electrons. The van der Waals surface area contributed by atoms with E-state index < -0.39 is 0 Å². The Morgan fingerprint density at radius 3 is 2.75 bits per heavy atom. The van der Waals surface area contributed by atoms with E-state index in [1.807, 2.05) is 13.0 Å². The summed E-state index contributed by atoms with van der Waals surface area (Å²) in [5.41, 5.74) is 1.61. The monoisotopic (exact) mass is 275 g/mol. The molecule has 20 heavy (non-hydrogen) atoms. The zero-order valence-electron chi connectivity index (χ0n) is 11.6. The number of phenolic OH excluding ortho intramolecular Hbond substituents is 1. The third-order valence-corrected chi connectivity index (χ3v) is 3.20. The van der Waals surface area contributed by atoms with Gasteiger partial charge in [-0.15, -0.1) is 0 Å². The van der Waals surface area contributed by atoms with Crippen LogP contribution in [0.4, 0.5) is 4.39 Å². The molecule has 0 aliphatic carbocycles. The van der Waals surface area contributed by atoms with E-state index in [2.05, 4.69) is 5.32 Å². The molecule has 0 saturated heterocycles. The Labute approximate surface area is 118 Å². The number of ether oxygens (including phenoxy) is 1. The zero-order valence-corrected chi connectivity index (χ0v) is 11.6. The smallest absolute Gasteiger partial charge is 0.123 e. The van der Waals surface area contributed by atoms with Crippen molar-refractivity contribution in [1.29, 1.82) is 0 Å². The molecule has 4 heteroatoms. The lowest BCUT2D eigenvalue weighted by molar-refractivity contribution is 0.407. The summed E-state index contributed by atoms with van der Waals surface area (Å²) in [5, 5.41) is 13.1. The lowest BCUT2D eigenvalue weighted by Crippen LogP contribution is -2.18. The van der Waals surface area contributed by atoms with Crippen LogP contribution in [0.3, 0.4) is 0 Å². The Morgan fingerprint density at radius 2 is 2.05 bits per heavy atom. The molecule has 1 atom stereocenters. The second-order valence-electron chi connectivity index (χ2n) is 4.66. The summed E-state index contributed by atoms with van der Waals surface area (Å²) in [5.74, 6) is 0.656. The minimum absolute atomic E-state index is 0.0756. The number of rotatable bonds is 5. The molecule has 0 bridgehead atoms. The fraction of sp³-hybridized carbons (Fsp3) is 0.250. The molecule has 0 radical (unpaired) electrons. The highest BCUT2D eigenvalue weighted by molar-refractivity contribution is 5.41. The summed E-state index contributed by atoms with van der Waals surface area (Å²) >= 11 is 0. The third kappa shape index (κ3) is 3.48. The van der Waals surface area contributed by atoms with Crippen LogP contribution in [-0.4, -0.2) is 12.2 Å². The Bertz CT molecular complexity index is 586. The Balaban J connectivity index is 2.06. The molecule has 0 fully saturated rings. The molecule has 2 rings (SSSR count). The van der Waals surface area contributed by atoms with Crippen molar-refractivity contribution in [2.75, 3.05) is 7.11 Å². The van der Waals surface area contributed by atoms with Crippen LogP contribution < -0.4 is 10.1 Å². The molecule has 2 aromatic carbocycles. The largest absolute Gasteiger partial charge is 0.508 e. The molecule has 0 spiro atoms. The summed E-state index contributed by atoms with van der Waals surface area (Å²) < 4.78 is 18.2. The number of phenols is 1. The predicted octanol–water partition coefficient (Wildman–Crippen LogP) is 3.39. The fourth-order valence-corrected chi connectivity index (χ4v) is 2.03. The van der Waals surface area contributed by atoms with E-state index in [1.165, 1.54) is 12.1 Å².